The van der Waals surface area contributed by atoms with E-state index in [4.69, 9.17) is 33.7 Å². The summed E-state index contributed by atoms with van der Waals surface area (Å²) in [6, 6.07) is 6.23. The Hall–Kier alpha value is -0.320. The molecule has 3 nitrogen and oxygen atoms in total. The third kappa shape index (κ3) is 3.61. The minimum atomic E-state index is 0.0591. The van der Waals surface area contributed by atoms with Gasteiger partial charge >= 0.3 is 0 Å². The fourth-order valence-corrected chi connectivity index (χ4v) is 3.09. The zero-order valence-electron chi connectivity index (χ0n) is 11.1. The molecular formula is C14H20Cl2N2O. The topological polar surface area (TPSA) is 38.5 Å². The van der Waals surface area contributed by atoms with Gasteiger partial charge in [0, 0.05) is 41.8 Å². The van der Waals surface area contributed by atoms with E-state index >= 15 is 0 Å². The molecule has 1 aromatic rings. The van der Waals surface area contributed by atoms with Crippen LogP contribution in [-0.2, 0) is 4.74 Å². The van der Waals surface area contributed by atoms with E-state index in [2.05, 4.69) is 4.90 Å². The molecule has 1 aliphatic carbocycles. The normalized spacial score (nSPS) is 16.9. The first-order valence-corrected chi connectivity index (χ1v) is 7.33. The Kier molecular flexibility index (Phi) is 5.48. The van der Waals surface area contributed by atoms with Crippen LogP contribution in [0.1, 0.15) is 24.4 Å². The van der Waals surface area contributed by atoms with E-state index in [1.54, 1.807) is 7.11 Å². The lowest BCUT2D eigenvalue weighted by Gasteiger charge is -2.32. The van der Waals surface area contributed by atoms with Crippen LogP contribution in [0.15, 0.2) is 18.2 Å². The standard InChI is InChI=1S/C14H20Cl2N2O/c1-19-8-7-18(10-5-6-10)13(9-17)14-11(15)3-2-4-12(14)16/h2-4,10,13H,5-9,17H2,1H3. The number of nitrogens with two attached hydrogens (primary N) is 1. The number of benzene rings is 1. The number of halogens is 2. The molecule has 1 fully saturated rings. The summed E-state index contributed by atoms with van der Waals surface area (Å²) < 4.78 is 5.19. The molecule has 5 heteroatoms. The second-order valence-electron chi connectivity index (χ2n) is 4.85. The van der Waals surface area contributed by atoms with Crippen molar-refractivity contribution in [2.24, 2.45) is 5.73 Å². The van der Waals surface area contributed by atoms with Gasteiger partial charge < -0.3 is 10.5 Å². The predicted octanol–water partition coefficient (Wildman–Crippen LogP) is 3.10. The summed E-state index contributed by atoms with van der Waals surface area (Å²) in [7, 11) is 1.71. The molecule has 0 bridgehead atoms. The Morgan fingerprint density at radius 3 is 2.47 bits per heavy atom. The minimum Gasteiger partial charge on any atom is -0.383 e. The summed E-state index contributed by atoms with van der Waals surface area (Å²) in [5.74, 6) is 0. The Balaban J connectivity index is 2.25. The van der Waals surface area contributed by atoms with Crippen molar-refractivity contribution in [1.82, 2.24) is 4.90 Å². The smallest absolute Gasteiger partial charge is 0.0590 e. The van der Waals surface area contributed by atoms with Crippen molar-refractivity contribution in [2.75, 3.05) is 26.8 Å². The Labute approximate surface area is 124 Å². The number of hydrogen-bond acceptors (Lipinski definition) is 3. The third-order valence-electron chi connectivity index (χ3n) is 3.53. The first kappa shape index (κ1) is 15.1. The number of ether oxygens (including phenoxy) is 1. The second kappa shape index (κ2) is 6.91. The molecule has 0 spiro atoms. The molecular weight excluding hydrogens is 283 g/mol. The Morgan fingerprint density at radius 1 is 1.37 bits per heavy atom. The van der Waals surface area contributed by atoms with Gasteiger partial charge in [-0.05, 0) is 25.0 Å². The van der Waals surface area contributed by atoms with Gasteiger partial charge in [0.2, 0.25) is 0 Å². The SMILES string of the molecule is COCCN(C1CC1)C(CN)c1c(Cl)cccc1Cl. The van der Waals surface area contributed by atoms with Gasteiger partial charge in [0.05, 0.1) is 12.6 Å². The first-order chi connectivity index (χ1) is 9.19. The van der Waals surface area contributed by atoms with Crippen LogP contribution in [0, 0.1) is 0 Å². The molecule has 0 amide bonds. The summed E-state index contributed by atoms with van der Waals surface area (Å²) in [5, 5.41) is 1.37. The number of rotatable bonds is 7. The van der Waals surface area contributed by atoms with E-state index in [1.165, 1.54) is 12.8 Å². The van der Waals surface area contributed by atoms with Gasteiger partial charge in [-0.1, -0.05) is 29.3 Å². The monoisotopic (exact) mass is 302 g/mol. The predicted molar refractivity (Wildman–Crippen MR) is 79.9 cm³/mol. The van der Waals surface area contributed by atoms with Gasteiger partial charge in [-0.3, -0.25) is 4.90 Å². The molecule has 1 atom stereocenters. The van der Waals surface area contributed by atoms with Gasteiger partial charge in [-0.25, -0.2) is 0 Å². The van der Waals surface area contributed by atoms with Crippen LogP contribution in [0.2, 0.25) is 10.0 Å². The van der Waals surface area contributed by atoms with Gasteiger partial charge in [-0.15, -0.1) is 0 Å². The quantitative estimate of drug-likeness (QED) is 0.841. The van der Waals surface area contributed by atoms with E-state index < -0.39 is 0 Å². The van der Waals surface area contributed by atoms with Gasteiger partial charge in [0.15, 0.2) is 0 Å². The summed E-state index contributed by atoms with van der Waals surface area (Å²) in [4.78, 5) is 2.37. The minimum absolute atomic E-state index is 0.0591. The molecule has 1 unspecified atom stereocenters. The average Bonchev–Trinajstić information content (AvgIpc) is 3.21. The number of hydrogen-bond donors (Lipinski definition) is 1. The maximum absolute atomic E-state index is 6.31. The van der Waals surface area contributed by atoms with Gasteiger partial charge in [-0.2, -0.15) is 0 Å². The lowest BCUT2D eigenvalue weighted by molar-refractivity contribution is 0.115. The van der Waals surface area contributed by atoms with Crippen molar-refractivity contribution in [1.29, 1.82) is 0 Å². The summed E-state index contributed by atoms with van der Waals surface area (Å²) in [6.45, 7) is 2.04. The molecule has 2 rings (SSSR count). The summed E-state index contributed by atoms with van der Waals surface area (Å²) in [5.41, 5.74) is 6.92. The molecule has 19 heavy (non-hydrogen) atoms. The average molecular weight is 303 g/mol. The molecule has 0 radical (unpaired) electrons. The van der Waals surface area contributed by atoms with Gasteiger partial charge in [0.1, 0.15) is 0 Å². The van der Waals surface area contributed by atoms with Crippen LogP contribution in [0.5, 0.6) is 0 Å². The van der Waals surface area contributed by atoms with Crippen molar-refractivity contribution in [3.63, 3.8) is 0 Å². The van der Waals surface area contributed by atoms with E-state index in [1.807, 2.05) is 18.2 Å². The maximum atomic E-state index is 6.31. The highest BCUT2D eigenvalue weighted by Gasteiger charge is 2.35. The zero-order valence-corrected chi connectivity index (χ0v) is 12.6. The highest BCUT2D eigenvalue weighted by atomic mass is 35.5. The largest absolute Gasteiger partial charge is 0.383 e. The maximum Gasteiger partial charge on any atom is 0.0590 e. The van der Waals surface area contributed by atoms with Crippen molar-refractivity contribution in [2.45, 2.75) is 24.9 Å². The summed E-state index contributed by atoms with van der Waals surface area (Å²) >= 11 is 12.6. The lowest BCUT2D eigenvalue weighted by atomic mass is 10.0. The van der Waals surface area contributed by atoms with Crippen molar-refractivity contribution < 1.29 is 4.74 Å². The number of methoxy groups -OCH3 is 1. The lowest BCUT2D eigenvalue weighted by Crippen LogP contribution is -2.38. The number of nitrogens with zero attached hydrogens (tertiary/aromatic N) is 1. The molecule has 1 aromatic carbocycles. The first-order valence-electron chi connectivity index (χ1n) is 6.57. The van der Waals surface area contributed by atoms with E-state index in [-0.39, 0.29) is 6.04 Å². The highest BCUT2D eigenvalue weighted by Crippen LogP contribution is 2.38. The third-order valence-corrected chi connectivity index (χ3v) is 4.19. The molecule has 106 valence electrons. The van der Waals surface area contributed by atoms with Crippen LogP contribution in [-0.4, -0.2) is 37.7 Å². The molecule has 0 saturated heterocycles. The summed E-state index contributed by atoms with van der Waals surface area (Å²) in [6.07, 6.45) is 2.42. The van der Waals surface area contributed by atoms with Crippen molar-refractivity contribution in [3.8, 4) is 0 Å². The fraction of sp³-hybridized carbons (Fsp3) is 0.571. The fourth-order valence-electron chi connectivity index (χ4n) is 2.44. The molecule has 1 saturated carbocycles. The van der Waals surface area contributed by atoms with Crippen LogP contribution >= 0.6 is 23.2 Å². The molecule has 0 aromatic heterocycles. The molecule has 1 aliphatic rings. The Morgan fingerprint density at radius 2 is 2.00 bits per heavy atom. The molecule has 0 aliphatic heterocycles. The second-order valence-corrected chi connectivity index (χ2v) is 5.66. The van der Waals surface area contributed by atoms with Crippen molar-refractivity contribution >= 4 is 23.2 Å². The van der Waals surface area contributed by atoms with Crippen LogP contribution in [0.25, 0.3) is 0 Å². The molecule has 2 N–H and O–H groups in total. The van der Waals surface area contributed by atoms with E-state index in [9.17, 15) is 0 Å². The van der Waals surface area contributed by atoms with Crippen LogP contribution < -0.4 is 5.73 Å². The Bertz CT molecular complexity index is 404. The van der Waals surface area contributed by atoms with Crippen LogP contribution in [0.3, 0.4) is 0 Å². The zero-order chi connectivity index (χ0) is 13.8. The van der Waals surface area contributed by atoms with E-state index in [0.717, 1.165) is 12.1 Å². The van der Waals surface area contributed by atoms with Crippen molar-refractivity contribution in [3.05, 3.63) is 33.8 Å². The van der Waals surface area contributed by atoms with Gasteiger partial charge in [0.25, 0.3) is 0 Å². The molecule has 0 heterocycles. The highest BCUT2D eigenvalue weighted by molar-refractivity contribution is 6.36. The van der Waals surface area contributed by atoms with E-state index in [0.29, 0.717) is 29.2 Å². The van der Waals surface area contributed by atoms with Crippen LogP contribution in [0.4, 0.5) is 0 Å².